The molecule has 1 aliphatic rings. The zero-order valence-corrected chi connectivity index (χ0v) is 17.0. The molecule has 150 valence electrons. The topological polar surface area (TPSA) is 62.6 Å². The van der Waals surface area contributed by atoms with E-state index in [1.54, 1.807) is 24.3 Å². The molecule has 0 radical (unpaired) electrons. The highest BCUT2D eigenvalue weighted by Crippen LogP contribution is 2.28. The first-order valence-electron chi connectivity index (χ1n) is 9.18. The highest BCUT2D eigenvalue weighted by Gasteiger charge is 2.35. The monoisotopic (exact) mass is 420 g/mol. The Morgan fingerprint density at radius 1 is 1.03 bits per heavy atom. The van der Waals surface area contributed by atoms with Crippen LogP contribution in [0.15, 0.2) is 64.6 Å². The van der Waals surface area contributed by atoms with Crippen LogP contribution >= 0.6 is 12.2 Å². The number of benzene rings is 2. The molecule has 1 aromatic heterocycles. The molecule has 3 aromatic rings. The molecule has 7 heteroatoms. The van der Waals surface area contributed by atoms with Gasteiger partial charge >= 0.3 is 0 Å². The Bertz CT molecular complexity index is 1210. The number of furan rings is 1. The first kappa shape index (κ1) is 19.7. The van der Waals surface area contributed by atoms with Gasteiger partial charge in [-0.2, -0.15) is 0 Å². The maximum Gasteiger partial charge on any atom is 0.270 e. The predicted molar refractivity (Wildman–Crippen MR) is 116 cm³/mol. The van der Waals surface area contributed by atoms with Crippen LogP contribution < -0.4 is 10.2 Å². The van der Waals surface area contributed by atoms with Gasteiger partial charge in [-0.15, -0.1) is 0 Å². The quantitative estimate of drug-likeness (QED) is 0.384. The van der Waals surface area contributed by atoms with E-state index in [1.807, 2.05) is 32.0 Å². The smallest absolute Gasteiger partial charge is 0.270 e. The van der Waals surface area contributed by atoms with Gasteiger partial charge in [0.1, 0.15) is 22.9 Å². The van der Waals surface area contributed by atoms with E-state index in [0.717, 1.165) is 11.1 Å². The van der Waals surface area contributed by atoms with Crippen LogP contribution in [-0.2, 0) is 9.59 Å². The number of nitrogens with zero attached hydrogens (tertiary/aromatic N) is 1. The molecule has 0 atom stereocenters. The average molecular weight is 420 g/mol. The number of aryl methyl sites for hydroxylation is 2. The summed E-state index contributed by atoms with van der Waals surface area (Å²) < 4.78 is 18.9. The number of halogens is 1. The first-order valence-corrected chi connectivity index (χ1v) is 9.59. The van der Waals surface area contributed by atoms with Crippen molar-refractivity contribution in [1.82, 2.24) is 5.32 Å². The molecule has 4 rings (SSSR count). The summed E-state index contributed by atoms with van der Waals surface area (Å²) in [6.07, 6.45) is 1.38. The molecule has 1 N–H and O–H groups in total. The fraction of sp³-hybridized carbons (Fsp3) is 0.0870. The van der Waals surface area contributed by atoms with E-state index >= 15 is 0 Å². The molecule has 0 aliphatic carbocycles. The summed E-state index contributed by atoms with van der Waals surface area (Å²) in [6.45, 7) is 3.78. The van der Waals surface area contributed by atoms with E-state index in [1.165, 1.54) is 23.1 Å². The molecule has 2 heterocycles. The number of hydrogen-bond acceptors (Lipinski definition) is 4. The molecular formula is C23H17FN2O3S. The number of nitrogens with one attached hydrogen (secondary N) is 1. The van der Waals surface area contributed by atoms with E-state index in [9.17, 15) is 14.0 Å². The van der Waals surface area contributed by atoms with Gasteiger partial charge in [0.25, 0.3) is 11.8 Å². The third kappa shape index (κ3) is 3.67. The Labute approximate surface area is 177 Å². The summed E-state index contributed by atoms with van der Waals surface area (Å²) >= 11 is 5.25. The van der Waals surface area contributed by atoms with E-state index in [4.69, 9.17) is 16.6 Å². The summed E-state index contributed by atoms with van der Waals surface area (Å²) in [6, 6.07) is 14.8. The van der Waals surface area contributed by atoms with Gasteiger partial charge in [-0.25, -0.2) is 4.39 Å². The minimum atomic E-state index is -0.591. The number of amides is 2. The van der Waals surface area contributed by atoms with Crippen LogP contribution in [0.5, 0.6) is 0 Å². The second-order valence-corrected chi connectivity index (χ2v) is 7.34. The van der Waals surface area contributed by atoms with Crippen LogP contribution in [0.25, 0.3) is 17.4 Å². The Balaban J connectivity index is 1.69. The normalized spacial score (nSPS) is 15.6. The summed E-state index contributed by atoms with van der Waals surface area (Å²) in [5, 5.41) is 2.60. The third-order valence-electron chi connectivity index (χ3n) is 4.75. The molecular weight excluding hydrogens is 403 g/mol. The Morgan fingerprint density at radius 2 is 1.77 bits per heavy atom. The number of hydrogen-bond donors (Lipinski definition) is 1. The molecule has 1 saturated heterocycles. The van der Waals surface area contributed by atoms with Crippen molar-refractivity contribution in [1.29, 1.82) is 0 Å². The average Bonchev–Trinajstić information content (AvgIpc) is 3.17. The molecule has 0 spiro atoms. The van der Waals surface area contributed by atoms with Gasteiger partial charge in [-0.3, -0.25) is 19.8 Å². The van der Waals surface area contributed by atoms with Crippen molar-refractivity contribution < 1.29 is 18.4 Å². The Morgan fingerprint density at radius 3 is 2.50 bits per heavy atom. The standard InChI is InChI=1S/C23H17FN2O3S/c1-13-3-4-14(2)19(11-13)26-22(28)18(21(27)25-23(26)30)12-17-9-10-20(29-17)15-5-7-16(24)8-6-15/h3-12H,1-2H3,(H,25,27,30)/b18-12+. The molecule has 30 heavy (non-hydrogen) atoms. The van der Waals surface area contributed by atoms with Gasteiger partial charge in [-0.05, 0) is 85.7 Å². The van der Waals surface area contributed by atoms with E-state index in [0.29, 0.717) is 22.8 Å². The minimum absolute atomic E-state index is 0.0299. The van der Waals surface area contributed by atoms with Gasteiger partial charge in [-0.1, -0.05) is 12.1 Å². The van der Waals surface area contributed by atoms with Crippen LogP contribution in [-0.4, -0.2) is 16.9 Å². The molecule has 0 saturated carbocycles. The van der Waals surface area contributed by atoms with Crippen LogP contribution in [0.3, 0.4) is 0 Å². The van der Waals surface area contributed by atoms with Crippen molar-refractivity contribution in [3.05, 3.63) is 82.9 Å². The zero-order chi connectivity index (χ0) is 21.4. The number of rotatable bonds is 3. The lowest BCUT2D eigenvalue weighted by Gasteiger charge is -2.30. The van der Waals surface area contributed by atoms with Crippen LogP contribution in [0, 0.1) is 19.7 Å². The predicted octanol–water partition coefficient (Wildman–Crippen LogP) is 4.53. The highest BCUT2D eigenvalue weighted by molar-refractivity contribution is 7.80. The maximum atomic E-state index is 13.2. The van der Waals surface area contributed by atoms with Crippen molar-refractivity contribution in [2.45, 2.75) is 13.8 Å². The maximum absolute atomic E-state index is 13.2. The number of carbonyl (C=O) groups excluding carboxylic acids is 2. The van der Waals surface area contributed by atoms with E-state index in [2.05, 4.69) is 5.32 Å². The van der Waals surface area contributed by atoms with E-state index < -0.39 is 11.8 Å². The lowest BCUT2D eigenvalue weighted by molar-refractivity contribution is -0.122. The number of anilines is 1. The number of thiocarbonyl (C=S) groups is 1. The van der Waals surface area contributed by atoms with Crippen molar-refractivity contribution in [2.24, 2.45) is 0 Å². The van der Waals surface area contributed by atoms with Crippen molar-refractivity contribution >= 4 is 40.9 Å². The first-order chi connectivity index (χ1) is 14.3. The van der Waals surface area contributed by atoms with Gasteiger partial charge in [0.15, 0.2) is 5.11 Å². The fourth-order valence-electron chi connectivity index (χ4n) is 3.18. The second kappa shape index (κ2) is 7.68. The Kier molecular flexibility index (Phi) is 5.05. The zero-order valence-electron chi connectivity index (χ0n) is 16.2. The highest BCUT2D eigenvalue weighted by atomic mass is 32.1. The summed E-state index contributed by atoms with van der Waals surface area (Å²) in [5.74, 6) is -0.655. The van der Waals surface area contributed by atoms with Crippen LogP contribution in [0.4, 0.5) is 10.1 Å². The lowest BCUT2D eigenvalue weighted by atomic mass is 10.1. The molecule has 0 bridgehead atoms. The lowest BCUT2D eigenvalue weighted by Crippen LogP contribution is -2.54. The molecule has 0 unspecified atom stereocenters. The summed E-state index contributed by atoms with van der Waals surface area (Å²) in [4.78, 5) is 26.9. The van der Waals surface area contributed by atoms with Crippen molar-refractivity contribution in [2.75, 3.05) is 4.90 Å². The third-order valence-corrected chi connectivity index (χ3v) is 5.03. The molecule has 5 nitrogen and oxygen atoms in total. The van der Waals surface area contributed by atoms with Crippen LogP contribution in [0.1, 0.15) is 16.9 Å². The summed E-state index contributed by atoms with van der Waals surface area (Å²) in [5.41, 5.74) is 3.01. The molecule has 1 aliphatic heterocycles. The second-order valence-electron chi connectivity index (χ2n) is 6.96. The SMILES string of the molecule is Cc1ccc(C)c(N2C(=O)/C(=C/c3ccc(-c4ccc(F)cc4)o3)C(=O)NC2=S)c1. The fourth-order valence-corrected chi connectivity index (χ4v) is 3.45. The minimum Gasteiger partial charge on any atom is -0.457 e. The van der Waals surface area contributed by atoms with Gasteiger partial charge in [0.2, 0.25) is 0 Å². The largest absolute Gasteiger partial charge is 0.457 e. The van der Waals surface area contributed by atoms with Crippen molar-refractivity contribution in [3.8, 4) is 11.3 Å². The summed E-state index contributed by atoms with van der Waals surface area (Å²) in [7, 11) is 0. The van der Waals surface area contributed by atoms with Gasteiger partial charge < -0.3 is 4.42 Å². The molecule has 1 fully saturated rings. The molecule has 2 aromatic carbocycles. The van der Waals surface area contributed by atoms with E-state index in [-0.39, 0.29) is 16.5 Å². The number of carbonyl (C=O) groups is 2. The Hall–Kier alpha value is -3.58. The van der Waals surface area contributed by atoms with Gasteiger partial charge in [0.05, 0.1) is 5.69 Å². The van der Waals surface area contributed by atoms with Gasteiger partial charge in [0, 0.05) is 5.56 Å². The molecule has 2 amide bonds. The van der Waals surface area contributed by atoms with Crippen molar-refractivity contribution in [3.63, 3.8) is 0 Å². The van der Waals surface area contributed by atoms with Crippen LogP contribution in [0.2, 0.25) is 0 Å².